The molecule has 0 aliphatic carbocycles. The number of methoxy groups -OCH3 is 1. The summed E-state index contributed by atoms with van der Waals surface area (Å²) in [5.74, 6) is -0.749. The van der Waals surface area contributed by atoms with Gasteiger partial charge in [0.25, 0.3) is 0 Å². The van der Waals surface area contributed by atoms with E-state index in [0.717, 1.165) is 0 Å². The Morgan fingerprint density at radius 3 is 2.50 bits per heavy atom. The third-order valence-corrected chi connectivity index (χ3v) is 3.09. The number of rotatable bonds is 4. The highest BCUT2D eigenvalue weighted by Gasteiger charge is 2.06. The number of hydrogen-bond donors (Lipinski definition) is 0. The van der Waals surface area contributed by atoms with Crippen LogP contribution in [-0.4, -0.2) is 18.4 Å². The molecule has 0 aliphatic rings. The molecule has 1 aromatic carbocycles. The Morgan fingerprint density at radius 2 is 2.00 bits per heavy atom. The zero-order chi connectivity index (χ0) is 13.5. The summed E-state index contributed by atoms with van der Waals surface area (Å²) in [6.07, 6.45) is 3.13. The van der Waals surface area contributed by atoms with Crippen LogP contribution >= 0.6 is 27.5 Å². The highest BCUT2D eigenvalue weighted by molar-refractivity contribution is 9.09. The van der Waals surface area contributed by atoms with Gasteiger partial charge in [-0.2, -0.15) is 0 Å². The summed E-state index contributed by atoms with van der Waals surface area (Å²) in [6.45, 7) is 0. The quantitative estimate of drug-likeness (QED) is 0.361. The van der Waals surface area contributed by atoms with Crippen molar-refractivity contribution in [3.05, 3.63) is 53.4 Å². The maximum atomic E-state index is 12.7. The molecule has 1 rings (SSSR count). The minimum atomic E-state index is -0.424. The maximum Gasteiger partial charge on any atom is 0.334 e. The third kappa shape index (κ3) is 4.27. The smallest absolute Gasteiger partial charge is 0.334 e. The minimum absolute atomic E-state index is 0.325. The molecule has 0 amide bonds. The Morgan fingerprint density at radius 1 is 1.39 bits per heavy atom. The van der Waals surface area contributed by atoms with E-state index in [1.807, 2.05) is 0 Å². The van der Waals surface area contributed by atoms with Crippen molar-refractivity contribution in [2.45, 2.75) is 0 Å². The number of alkyl halides is 1. The van der Waals surface area contributed by atoms with Crippen molar-refractivity contribution in [1.29, 1.82) is 0 Å². The molecule has 0 aliphatic heterocycles. The number of carbonyl (C=O) groups excluding carboxylic acids is 1. The van der Waals surface area contributed by atoms with Gasteiger partial charge in [-0.15, -0.1) is 0 Å². The largest absolute Gasteiger partial charge is 0.466 e. The molecule has 0 heterocycles. The molecule has 0 spiro atoms. The van der Waals surface area contributed by atoms with E-state index in [4.69, 9.17) is 11.6 Å². The van der Waals surface area contributed by atoms with Gasteiger partial charge < -0.3 is 4.74 Å². The fourth-order valence-corrected chi connectivity index (χ4v) is 1.78. The van der Waals surface area contributed by atoms with Gasteiger partial charge in [0.15, 0.2) is 0 Å². The van der Waals surface area contributed by atoms with Crippen LogP contribution < -0.4 is 0 Å². The Kier molecular flexibility index (Phi) is 6.09. The second kappa shape index (κ2) is 7.34. The van der Waals surface area contributed by atoms with Gasteiger partial charge >= 0.3 is 5.97 Å². The number of esters is 1. The Labute approximate surface area is 118 Å². The summed E-state index contributed by atoms with van der Waals surface area (Å²) in [7, 11) is 1.31. The summed E-state index contributed by atoms with van der Waals surface area (Å²) in [5.41, 5.74) is 1.12. The summed E-state index contributed by atoms with van der Waals surface area (Å²) >= 11 is 9.22. The lowest BCUT2D eigenvalue weighted by molar-refractivity contribution is -0.135. The highest BCUT2D eigenvalue weighted by Crippen LogP contribution is 2.19. The molecule has 18 heavy (non-hydrogen) atoms. The summed E-state index contributed by atoms with van der Waals surface area (Å²) in [6, 6.07) is 5.77. The molecule has 0 aromatic heterocycles. The lowest BCUT2D eigenvalue weighted by Gasteiger charge is -2.00. The topological polar surface area (TPSA) is 26.3 Å². The van der Waals surface area contributed by atoms with Crippen LogP contribution in [0.15, 0.2) is 42.0 Å². The average molecular weight is 334 g/mol. The van der Waals surface area contributed by atoms with E-state index >= 15 is 0 Å². The summed E-state index contributed by atoms with van der Waals surface area (Å²) < 4.78 is 17.3. The van der Waals surface area contributed by atoms with Crippen LogP contribution in [0.25, 0.3) is 5.03 Å². The van der Waals surface area contributed by atoms with Crippen molar-refractivity contribution in [3.8, 4) is 0 Å². The second-order valence-corrected chi connectivity index (χ2v) is 4.31. The van der Waals surface area contributed by atoms with Crippen molar-refractivity contribution < 1.29 is 13.9 Å². The van der Waals surface area contributed by atoms with Gasteiger partial charge in [-0.25, -0.2) is 9.18 Å². The van der Waals surface area contributed by atoms with Crippen molar-refractivity contribution in [3.63, 3.8) is 0 Å². The monoisotopic (exact) mass is 332 g/mol. The molecule has 0 N–H and O–H groups in total. The molecule has 1 aromatic rings. The fraction of sp³-hybridized carbons (Fsp3) is 0.154. The number of carbonyl (C=O) groups is 1. The van der Waals surface area contributed by atoms with Crippen molar-refractivity contribution >= 4 is 38.5 Å². The molecule has 0 atom stereocenters. The maximum absolute atomic E-state index is 12.7. The Hall–Kier alpha value is -1.13. The average Bonchev–Trinajstić information content (AvgIpc) is 2.39. The predicted molar refractivity (Wildman–Crippen MR) is 74.1 cm³/mol. The molecule has 2 nitrogen and oxygen atoms in total. The van der Waals surface area contributed by atoms with Gasteiger partial charge in [-0.05, 0) is 29.8 Å². The van der Waals surface area contributed by atoms with E-state index in [1.54, 1.807) is 24.3 Å². The number of ether oxygens (including phenoxy) is 1. The van der Waals surface area contributed by atoms with E-state index in [2.05, 4.69) is 20.7 Å². The number of benzene rings is 1. The van der Waals surface area contributed by atoms with Crippen molar-refractivity contribution in [2.75, 3.05) is 12.4 Å². The summed E-state index contributed by atoms with van der Waals surface area (Å²) in [5, 5.41) is 0.779. The Bertz CT molecular complexity index is 480. The van der Waals surface area contributed by atoms with Crippen LogP contribution in [0, 0.1) is 5.82 Å². The van der Waals surface area contributed by atoms with Crippen LogP contribution in [0.3, 0.4) is 0 Å². The first-order chi connectivity index (χ1) is 8.58. The lowest BCUT2D eigenvalue weighted by atomic mass is 10.2. The van der Waals surface area contributed by atoms with Crippen LogP contribution in [0.5, 0.6) is 0 Å². The van der Waals surface area contributed by atoms with E-state index < -0.39 is 5.97 Å². The number of halogens is 3. The number of allylic oxidation sites excluding steroid dienone is 2. The van der Waals surface area contributed by atoms with Gasteiger partial charge in [0, 0.05) is 15.9 Å². The fourth-order valence-electron chi connectivity index (χ4n) is 1.18. The normalized spacial score (nSPS) is 12.4. The van der Waals surface area contributed by atoms with Gasteiger partial charge in [0.05, 0.1) is 7.11 Å². The zero-order valence-electron chi connectivity index (χ0n) is 9.62. The first-order valence-electron chi connectivity index (χ1n) is 5.05. The molecule has 96 valence electrons. The van der Waals surface area contributed by atoms with E-state index in [-0.39, 0.29) is 5.82 Å². The first-order valence-corrected chi connectivity index (χ1v) is 6.55. The molecular weight excluding hydrogens is 322 g/mol. The molecule has 0 fully saturated rings. The molecule has 0 saturated carbocycles. The molecule has 0 saturated heterocycles. The molecule has 5 heteroatoms. The van der Waals surface area contributed by atoms with Gasteiger partial charge in [-0.3, -0.25) is 0 Å². The predicted octanol–water partition coefficient (Wildman–Crippen LogP) is 3.90. The van der Waals surface area contributed by atoms with Gasteiger partial charge in [0.1, 0.15) is 5.82 Å². The second-order valence-electron chi connectivity index (χ2n) is 3.34. The van der Waals surface area contributed by atoms with Crippen LogP contribution in [-0.2, 0) is 9.53 Å². The first kappa shape index (κ1) is 14.9. The molecule has 0 bridgehead atoms. The SMILES string of the molecule is COC(=O)/C(=C/C=C(\Cl)c1ccc(F)cc1)CBr. The number of hydrogen-bond acceptors (Lipinski definition) is 2. The van der Waals surface area contributed by atoms with Gasteiger partial charge in [0.2, 0.25) is 0 Å². The van der Waals surface area contributed by atoms with E-state index in [1.165, 1.54) is 19.2 Å². The van der Waals surface area contributed by atoms with Crippen molar-refractivity contribution in [1.82, 2.24) is 0 Å². The zero-order valence-corrected chi connectivity index (χ0v) is 12.0. The van der Waals surface area contributed by atoms with Crippen LogP contribution in [0.2, 0.25) is 0 Å². The Balaban J connectivity index is 2.92. The third-order valence-electron chi connectivity index (χ3n) is 2.14. The van der Waals surface area contributed by atoms with Crippen LogP contribution in [0.1, 0.15) is 5.56 Å². The lowest BCUT2D eigenvalue weighted by Crippen LogP contribution is -2.05. The summed E-state index contributed by atoms with van der Waals surface area (Å²) in [4.78, 5) is 11.3. The van der Waals surface area contributed by atoms with Crippen molar-refractivity contribution in [2.24, 2.45) is 0 Å². The highest BCUT2D eigenvalue weighted by atomic mass is 79.9. The molecule has 0 unspecified atom stereocenters. The van der Waals surface area contributed by atoms with Crippen LogP contribution in [0.4, 0.5) is 4.39 Å². The van der Waals surface area contributed by atoms with Gasteiger partial charge in [-0.1, -0.05) is 39.7 Å². The standard InChI is InChI=1S/C13H11BrClFO2/c1-18-13(17)10(8-14)4-7-12(15)9-2-5-11(16)6-3-9/h2-7H,8H2,1H3/b10-4+,12-7-. The minimum Gasteiger partial charge on any atom is -0.466 e. The van der Waals surface area contributed by atoms with E-state index in [0.29, 0.717) is 21.5 Å². The molecule has 0 radical (unpaired) electrons. The van der Waals surface area contributed by atoms with E-state index in [9.17, 15) is 9.18 Å². The molecular formula is C13H11BrClFO2.